The first-order chi connectivity index (χ1) is 9.88. The molecule has 1 aromatic rings. The highest BCUT2D eigenvalue weighted by atomic mass is 16.1. The summed E-state index contributed by atoms with van der Waals surface area (Å²) in [5.74, 6) is 0.888. The Hall–Kier alpha value is -1.44. The Balaban J connectivity index is 1.81. The lowest BCUT2D eigenvalue weighted by Crippen LogP contribution is -2.33. The summed E-state index contributed by atoms with van der Waals surface area (Å²) in [7, 11) is 0. The van der Waals surface area contributed by atoms with Gasteiger partial charge in [-0.2, -0.15) is 0 Å². The van der Waals surface area contributed by atoms with E-state index in [1.165, 1.54) is 5.56 Å². The zero-order chi connectivity index (χ0) is 15.3. The molecule has 2 saturated carbocycles. The van der Waals surface area contributed by atoms with Crippen molar-refractivity contribution in [2.45, 2.75) is 46.6 Å². The van der Waals surface area contributed by atoms with Crippen LogP contribution in [-0.4, -0.2) is 12.0 Å². The van der Waals surface area contributed by atoms with E-state index < -0.39 is 0 Å². The van der Waals surface area contributed by atoms with Gasteiger partial charge in [0.1, 0.15) is 5.78 Å². The molecule has 4 atom stereocenters. The van der Waals surface area contributed by atoms with E-state index in [0.717, 1.165) is 12.8 Å². The standard InChI is InChI=1S/C19H25NO/c1-13(14-8-6-5-7-9-14)20-12-15-16-10-11-19(4,17(15)21)18(16,2)3/h5-9,12-13,15-16H,10-11H2,1-4H3/t13-,15?,16-,19+/m1/s1. The van der Waals surface area contributed by atoms with Crippen LogP contribution in [0.4, 0.5) is 0 Å². The van der Waals surface area contributed by atoms with Crippen LogP contribution in [0, 0.1) is 22.7 Å². The third-order valence-electron chi connectivity index (χ3n) is 6.34. The monoisotopic (exact) mass is 283 g/mol. The Labute approximate surface area is 127 Å². The van der Waals surface area contributed by atoms with Gasteiger partial charge in [-0.3, -0.25) is 9.79 Å². The number of nitrogens with zero attached hydrogens (tertiary/aromatic N) is 1. The van der Waals surface area contributed by atoms with Gasteiger partial charge in [0.25, 0.3) is 0 Å². The van der Waals surface area contributed by atoms with Crippen LogP contribution in [0.25, 0.3) is 0 Å². The fourth-order valence-electron chi connectivity index (χ4n) is 4.37. The molecule has 1 aromatic carbocycles. The van der Waals surface area contributed by atoms with Crippen LogP contribution in [-0.2, 0) is 4.79 Å². The summed E-state index contributed by atoms with van der Waals surface area (Å²) in [6.07, 6.45) is 4.16. The summed E-state index contributed by atoms with van der Waals surface area (Å²) in [5, 5.41) is 0. The van der Waals surface area contributed by atoms with Crippen molar-refractivity contribution in [1.82, 2.24) is 0 Å². The predicted molar refractivity (Wildman–Crippen MR) is 86.5 cm³/mol. The second-order valence-electron chi connectivity index (χ2n) is 7.47. The maximum atomic E-state index is 12.8. The lowest BCUT2D eigenvalue weighted by atomic mass is 9.70. The van der Waals surface area contributed by atoms with Crippen molar-refractivity contribution in [2.24, 2.45) is 27.7 Å². The van der Waals surface area contributed by atoms with E-state index in [1.807, 2.05) is 24.4 Å². The maximum absolute atomic E-state index is 12.8. The number of aliphatic imine (C=N–C) groups is 1. The highest BCUT2D eigenvalue weighted by Gasteiger charge is 2.65. The normalized spacial score (nSPS) is 35.5. The molecular weight excluding hydrogens is 258 g/mol. The van der Waals surface area contributed by atoms with E-state index in [2.05, 4.69) is 39.8 Å². The topological polar surface area (TPSA) is 29.4 Å². The number of hydrogen-bond acceptors (Lipinski definition) is 2. The summed E-state index contributed by atoms with van der Waals surface area (Å²) >= 11 is 0. The third-order valence-corrected chi connectivity index (χ3v) is 6.34. The van der Waals surface area contributed by atoms with Gasteiger partial charge in [0.2, 0.25) is 0 Å². The summed E-state index contributed by atoms with van der Waals surface area (Å²) < 4.78 is 0. The molecule has 0 N–H and O–H groups in total. The minimum absolute atomic E-state index is 0.0184. The Morgan fingerprint density at radius 1 is 1.24 bits per heavy atom. The molecule has 112 valence electrons. The molecule has 0 spiro atoms. The van der Waals surface area contributed by atoms with E-state index in [1.54, 1.807) is 0 Å². The van der Waals surface area contributed by atoms with Crippen molar-refractivity contribution in [3.05, 3.63) is 35.9 Å². The Morgan fingerprint density at radius 3 is 2.48 bits per heavy atom. The molecule has 3 rings (SSSR count). The van der Waals surface area contributed by atoms with Crippen LogP contribution in [0.5, 0.6) is 0 Å². The van der Waals surface area contributed by atoms with Gasteiger partial charge >= 0.3 is 0 Å². The summed E-state index contributed by atoms with van der Waals surface area (Å²) in [4.78, 5) is 17.5. The SMILES string of the molecule is C[C@@H](N=CC1C(=O)[C@]2(C)CC[C@H]1C2(C)C)c1ccccc1. The van der Waals surface area contributed by atoms with Crippen molar-refractivity contribution in [3.8, 4) is 0 Å². The molecule has 0 radical (unpaired) electrons. The van der Waals surface area contributed by atoms with Crippen molar-refractivity contribution in [1.29, 1.82) is 0 Å². The van der Waals surface area contributed by atoms with Gasteiger partial charge in [0.05, 0.1) is 12.0 Å². The van der Waals surface area contributed by atoms with E-state index in [0.29, 0.717) is 11.7 Å². The molecule has 2 nitrogen and oxygen atoms in total. The average Bonchev–Trinajstić information content (AvgIpc) is 2.78. The molecule has 0 amide bonds. The van der Waals surface area contributed by atoms with Crippen LogP contribution in [0.1, 0.15) is 52.1 Å². The quantitative estimate of drug-likeness (QED) is 0.753. The molecule has 0 aliphatic heterocycles. The average molecular weight is 283 g/mol. The minimum atomic E-state index is -0.148. The lowest BCUT2D eigenvalue weighted by molar-refractivity contribution is -0.129. The van der Waals surface area contributed by atoms with Crippen molar-refractivity contribution in [3.63, 3.8) is 0 Å². The van der Waals surface area contributed by atoms with Gasteiger partial charge < -0.3 is 0 Å². The number of carbonyl (C=O) groups is 1. The zero-order valence-electron chi connectivity index (χ0n) is 13.5. The van der Waals surface area contributed by atoms with Crippen LogP contribution in [0.15, 0.2) is 35.3 Å². The van der Waals surface area contributed by atoms with Gasteiger partial charge in [-0.1, -0.05) is 51.1 Å². The predicted octanol–water partition coefficient (Wildman–Crippen LogP) is 4.46. The van der Waals surface area contributed by atoms with Crippen LogP contribution >= 0.6 is 0 Å². The Kier molecular flexibility index (Phi) is 3.31. The highest BCUT2D eigenvalue weighted by molar-refractivity contribution is 6.02. The smallest absolute Gasteiger partial charge is 0.147 e. The first-order valence-electron chi connectivity index (χ1n) is 8.00. The molecule has 2 aliphatic rings. The Bertz CT molecular complexity index is 574. The molecule has 2 aliphatic carbocycles. The third kappa shape index (κ3) is 1.99. The molecule has 2 bridgehead atoms. The van der Waals surface area contributed by atoms with Crippen molar-refractivity contribution >= 4 is 12.0 Å². The van der Waals surface area contributed by atoms with E-state index >= 15 is 0 Å². The molecular formula is C19H25NO. The van der Waals surface area contributed by atoms with Gasteiger partial charge in [0, 0.05) is 11.6 Å². The molecule has 2 heteroatoms. The Morgan fingerprint density at radius 2 is 1.90 bits per heavy atom. The van der Waals surface area contributed by atoms with Crippen molar-refractivity contribution in [2.75, 3.05) is 0 Å². The van der Waals surface area contributed by atoms with E-state index in [9.17, 15) is 4.79 Å². The molecule has 2 fully saturated rings. The van der Waals surface area contributed by atoms with E-state index in [4.69, 9.17) is 4.99 Å². The highest BCUT2D eigenvalue weighted by Crippen LogP contribution is 2.65. The number of ketones is 1. The van der Waals surface area contributed by atoms with Crippen LogP contribution in [0.2, 0.25) is 0 Å². The zero-order valence-corrected chi connectivity index (χ0v) is 13.5. The number of Topliss-reactive ketones (excluding diaryl/α,β-unsaturated/α-hetero) is 1. The summed E-state index contributed by atoms with van der Waals surface area (Å²) in [6, 6.07) is 10.4. The fourth-order valence-corrected chi connectivity index (χ4v) is 4.37. The maximum Gasteiger partial charge on any atom is 0.147 e. The van der Waals surface area contributed by atoms with Gasteiger partial charge in [-0.05, 0) is 36.7 Å². The molecule has 1 unspecified atom stereocenters. The van der Waals surface area contributed by atoms with Gasteiger partial charge in [-0.15, -0.1) is 0 Å². The van der Waals surface area contributed by atoms with Crippen LogP contribution in [0.3, 0.4) is 0 Å². The first kappa shape index (κ1) is 14.5. The second kappa shape index (κ2) is 4.79. The van der Waals surface area contributed by atoms with E-state index in [-0.39, 0.29) is 22.8 Å². The summed E-state index contributed by atoms with van der Waals surface area (Å²) in [6.45, 7) is 8.77. The van der Waals surface area contributed by atoms with Gasteiger partial charge in [0.15, 0.2) is 0 Å². The minimum Gasteiger partial charge on any atom is -0.298 e. The number of benzene rings is 1. The largest absolute Gasteiger partial charge is 0.298 e. The number of hydrogen-bond donors (Lipinski definition) is 0. The summed E-state index contributed by atoms with van der Waals surface area (Å²) in [5.41, 5.74) is 1.16. The number of fused-ring (bicyclic) bond motifs is 2. The molecule has 21 heavy (non-hydrogen) atoms. The molecule has 0 aromatic heterocycles. The first-order valence-corrected chi connectivity index (χ1v) is 8.00. The molecule has 0 saturated heterocycles. The van der Waals surface area contributed by atoms with Crippen LogP contribution < -0.4 is 0 Å². The second-order valence-corrected chi connectivity index (χ2v) is 7.47. The van der Waals surface area contributed by atoms with Gasteiger partial charge in [-0.25, -0.2) is 0 Å². The number of rotatable bonds is 3. The lowest BCUT2D eigenvalue weighted by Gasteiger charge is -2.32. The number of carbonyl (C=O) groups excluding carboxylic acids is 1. The van der Waals surface area contributed by atoms with Crippen molar-refractivity contribution < 1.29 is 4.79 Å². The fraction of sp³-hybridized carbons (Fsp3) is 0.579. The molecule has 0 heterocycles.